The highest BCUT2D eigenvalue weighted by Gasteiger charge is 2.30. The summed E-state index contributed by atoms with van der Waals surface area (Å²) in [6.45, 7) is 6.87. The maximum atomic E-state index is 12.4. The van der Waals surface area contributed by atoms with Gasteiger partial charge in [0.25, 0.3) is 0 Å². The Hall–Kier alpha value is -0.820. The molecule has 0 spiro atoms. The smallest absolute Gasteiger partial charge is 0.317 e. The molecule has 2 rings (SSSR count). The minimum atomic E-state index is -3.17. The number of nitrogens with one attached hydrogen (secondary N) is 1. The van der Waals surface area contributed by atoms with Gasteiger partial charge in [-0.1, -0.05) is 13.8 Å². The second-order valence-electron chi connectivity index (χ2n) is 6.76. The lowest BCUT2D eigenvalue weighted by atomic mass is 9.92. The van der Waals surface area contributed by atoms with E-state index in [4.69, 9.17) is 0 Å². The van der Waals surface area contributed by atoms with E-state index in [-0.39, 0.29) is 12.1 Å². The van der Waals surface area contributed by atoms with Crippen molar-refractivity contribution in [2.45, 2.75) is 39.2 Å². The third-order valence-corrected chi connectivity index (χ3v) is 5.61. The number of sulfonamides is 1. The molecule has 0 aromatic heterocycles. The second-order valence-corrected chi connectivity index (χ2v) is 8.74. The summed E-state index contributed by atoms with van der Waals surface area (Å²) in [5.74, 6) is 1.05. The highest BCUT2D eigenvalue weighted by atomic mass is 32.2. The van der Waals surface area contributed by atoms with Gasteiger partial charge >= 0.3 is 6.03 Å². The van der Waals surface area contributed by atoms with Gasteiger partial charge in [0.15, 0.2) is 0 Å². The lowest BCUT2D eigenvalue weighted by Gasteiger charge is -2.37. The van der Waals surface area contributed by atoms with Crippen LogP contribution in [0.25, 0.3) is 0 Å². The minimum absolute atomic E-state index is 0.0475. The molecule has 3 unspecified atom stereocenters. The fourth-order valence-corrected chi connectivity index (χ4v) is 4.37. The molecular weight excluding hydrogens is 290 g/mol. The van der Waals surface area contributed by atoms with E-state index in [2.05, 4.69) is 19.2 Å². The van der Waals surface area contributed by atoms with Crippen LogP contribution in [0.15, 0.2) is 0 Å². The van der Waals surface area contributed by atoms with Crippen molar-refractivity contribution in [2.75, 3.05) is 32.4 Å². The summed E-state index contributed by atoms with van der Waals surface area (Å²) in [5, 5.41) is 3.01. The zero-order chi connectivity index (χ0) is 15.6. The molecule has 21 heavy (non-hydrogen) atoms. The lowest BCUT2D eigenvalue weighted by Crippen LogP contribution is -2.54. The van der Waals surface area contributed by atoms with Crippen LogP contribution in [0.5, 0.6) is 0 Å². The number of hydrogen-bond acceptors (Lipinski definition) is 3. The van der Waals surface area contributed by atoms with Crippen molar-refractivity contribution in [3.05, 3.63) is 0 Å². The van der Waals surface area contributed by atoms with Gasteiger partial charge in [-0.25, -0.2) is 17.5 Å². The van der Waals surface area contributed by atoms with Gasteiger partial charge in [-0.3, -0.25) is 0 Å². The van der Waals surface area contributed by atoms with Crippen LogP contribution in [0.1, 0.15) is 33.1 Å². The third-order valence-electron chi connectivity index (χ3n) is 4.34. The van der Waals surface area contributed by atoms with E-state index in [0.717, 1.165) is 32.4 Å². The molecule has 2 amide bonds. The van der Waals surface area contributed by atoms with Crippen LogP contribution < -0.4 is 5.32 Å². The number of hydrogen-bond donors (Lipinski definition) is 1. The first kappa shape index (κ1) is 16.5. The zero-order valence-corrected chi connectivity index (χ0v) is 14.0. The molecule has 2 heterocycles. The SMILES string of the molecule is CC1CC(C)CN(C(=O)NC2CCCN(S(C)(=O)=O)C2)C1. The summed E-state index contributed by atoms with van der Waals surface area (Å²) in [7, 11) is -3.17. The number of amides is 2. The molecule has 122 valence electrons. The second kappa shape index (κ2) is 6.52. The summed E-state index contributed by atoms with van der Waals surface area (Å²) in [5.41, 5.74) is 0. The number of nitrogens with zero attached hydrogens (tertiary/aromatic N) is 2. The van der Waals surface area contributed by atoms with Crippen LogP contribution in [0, 0.1) is 11.8 Å². The van der Waals surface area contributed by atoms with E-state index in [1.165, 1.54) is 10.6 Å². The molecule has 2 aliphatic heterocycles. The quantitative estimate of drug-likeness (QED) is 0.829. The van der Waals surface area contributed by atoms with Gasteiger partial charge in [-0.2, -0.15) is 0 Å². The predicted octanol–water partition coefficient (Wildman–Crippen LogP) is 1.10. The van der Waals surface area contributed by atoms with E-state index in [1.54, 1.807) is 0 Å². The average molecular weight is 317 g/mol. The molecule has 0 aromatic carbocycles. The molecule has 7 heteroatoms. The Kier molecular flexibility index (Phi) is 5.14. The van der Waals surface area contributed by atoms with Crippen LogP contribution in [0.4, 0.5) is 4.79 Å². The molecule has 2 fully saturated rings. The number of piperidine rings is 2. The molecule has 0 aromatic rings. The molecule has 2 aliphatic rings. The molecule has 3 atom stereocenters. The molecule has 1 N–H and O–H groups in total. The first-order chi connectivity index (χ1) is 9.75. The highest BCUT2D eigenvalue weighted by Crippen LogP contribution is 2.21. The lowest BCUT2D eigenvalue weighted by molar-refractivity contribution is 0.140. The predicted molar refractivity (Wildman–Crippen MR) is 82.5 cm³/mol. The topological polar surface area (TPSA) is 69.7 Å². The van der Waals surface area contributed by atoms with Crippen molar-refractivity contribution in [2.24, 2.45) is 11.8 Å². The number of carbonyl (C=O) groups is 1. The average Bonchev–Trinajstić information content (AvgIpc) is 2.37. The van der Waals surface area contributed by atoms with Crippen molar-refractivity contribution in [1.29, 1.82) is 0 Å². The monoisotopic (exact) mass is 317 g/mol. The Labute approximate surface area is 127 Å². The fourth-order valence-electron chi connectivity index (χ4n) is 3.46. The van der Waals surface area contributed by atoms with Gasteiger partial charge in [-0.15, -0.1) is 0 Å². The van der Waals surface area contributed by atoms with Crippen LogP contribution in [0.2, 0.25) is 0 Å². The van der Waals surface area contributed by atoms with Gasteiger partial charge in [0.1, 0.15) is 0 Å². The molecule has 0 saturated carbocycles. The number of likely N-dealkylation sites (tertiary alicyclic amines) is 1. The van der Waals surface area contributed by atoms with Gasteiger partial charge in [-0.05, 0) is 31.1 Å². The minimum Gasteiger partial charge on any atom is -0.334 e. The maximum absolute atomic E-state index is 12.4. The fraction of sp³-hybridized carbons (Fsp3) is 0.929. The summed E-state index contributed by atoms with van der Waals surface area (Å²) in [6.07, 6.45) is 4.03. The third kappa shape index (κ3) is 4.57. The number of carbonyl (C=O) groups excluding carboxylic acids is 1. The molecule has 6 nitrogen and oxygen atoms in total. The maximum Gasteiger partial charge on any atom is 0.317 e. The molecule has 0 bridgehead atoms. The normalized spacial score (nSPS) is 32.0. The van der Waals surface area contributed by atoms with E-state index in [0.29, 0.717) is 24.9 Å². The molecule has 0 aliphatic carbocycles. The Morgan fingerprint density at radius 1 is 1.14 bits per heavy atom. The highest BCUT2D eigenvalue weighted by molar-refractivity contribution is 7.88. The van der Waals surface area contributed by atoms with E-state index < -0.39 is 10.0 Å². The summed E-state index contributed by atoms with van der Waals surface area (Å²) in [4.78, 5) is 14.2. The van der Waals surface area contributed by atoms with Crippen molar-refractivity contribution >= 4 is 16.1 Å². The van der Waals surface area contributed by atoms with Crippen LogP contribution >= 0.6 is 0 Å². The largest absolute Gasteiger partial charge is 0.334 e. The molecule has 0 radical (unpaired) electrons. The van der Waals surface area contributed by atoms with Gasteiger partial charge < -0.3 is 10.2 Å². The number of rotatable bonds is 2. The summed E-state index contributed by atoms with van der Waals surface area (Å²) >= 11 is 0. The summed E-state index contributed by atoms with van der Waals surface area (Å²) < 4.78 is 24.7. The van der Waals surface area contributed by atoms with E-state index in [1.807, 2.05) is 4.90 Å². The standard InChI is InChI=1S/C14H27N3O3S/c1-11-7-12(2)9-16(8-11)14(18)15-13-5-4-6-17(10-13)21(3,19)20/h11-13H,4-10H2,1-3H3,(H,15,18). The van der Waals surface area contributed by atoms with Crippen LogP contribution in [0.3, 0.4) is 0 Å². The van der Waals surface area contributed by atoms with Crippen LogP contribution in [-0.2, 0) is 10.0 Å². The molecular formula is C14H27N3O3S. The Morgan fingerprint density at radius 2 is 1.76 bits per heavy atom. The number of urea groups is 1. The van der Waals surface area contributed by atoms with E-state index in [9.17, 15) is 13.2 Å². The van der Waals surface area contributed by atoms with Crippen LogP contribution in [-0.4, -0.2) is 62.1 Å². The molecule has 2 saturated heterocycles. The first-order valence-corrected chi connectivity index (χ1v) is 9.61. The van der Waals surface area contributed by atoms with Crippen molar-refractivity contribution in [3.63, 3.8) is 0 Å². The van der Waals surface area contributed by atoms with E-state index >= 15 is 0 Å². The Bertz CT molecular complexity index is 470. The Balaban J connectivity index is 1.90. The van der Waals surface area contributed by atoms with Crippen molar-refractivity contribution < 1.29 is 13.2 Å². The summed E-state index contributed by atoms with van der Waals surface area (Å²) in [6, 6.07) is -0.123. The van der Waals surface area contributed by atoms with Crippen molar-refractivity contribution in [3.8, 4) is 0 Å². The van der Waals surface area contributed by atoms with Crippen molar-refractivity contribution in [1.82, 2.24) is 14.5 Å². The van der Waals surface area contributed by atoms with Gasteiger partial charge in [0, 0.05) is 32.2 Å². The zero-order valence-electron chi connectivity index (χ0n) is 13.2. The van der Waals surface area contributed by atoms with Gasteiger partial charge in [0.2, 0.25) is 10.0 Å². The first-order valence-electron chi connectivity index (χ1n) is 7.76. The Morgan fingerprint density at radius 3 is 2.33 bits per heavy atom. The van der Waals surface area contributed by atoms with Gasteiger partial charge in [0.05, 0.1) is 6.26 Å².